The molecule has 2 heterocycles. The Hall–Kier alpha value is -0.160. The van der Waals surface area contributed by atoms with Crippen molar-refractivity contribution in [1.82, 2.24) is 10.2 Å². The Morgan fingerprint density at radius 2 is 2.09 bits per heavy atom. The first-order valence-corrected chi connectivity index (χ1v) is 9.55. The fourth-order valence-electron chi connectivity index (χ4n) is 5.65. The first-order chi connectivity index (χ1) is 10.8. The Morgan fingerprint density at radius 1 is 1.18 bits per heavy atom. The van der Waals surface area contributed by atoms with Gasteiger partial charge in [0.1, 0.15) is 0 Å². The molecular formula is C18H32N2O2. The van der Waals surface area contributed by atoms with Crippen LogP contribution >= 0.6 is 0 Å². The summed E-state index contributed by atoms with van der Waals surface area (Å²) in [5.74, 6) is 0.803. The highest BCUT2D eigenvalue weighted by atomic mass is 16.5. The minimum atomic E-state index is 0.339. The van der Waals surface area contributed by atoms with Crippen LogP contribution < -0.4 is 5.32 Å². The third-order valence-corrected chi connectivity index (χ3v) is 6.98. The largest absolute Gasteiger partial charge is 0.395 e. The number of aliphatic hydroxyl groups is 1. The van der Waals surface area contributed by atoms with Gasteiger partial charge in [0.2, 0.25) is 0 Å². The molecule has 0 aromatic rings. The van der Waals surface area contributed by atoms with Crippen molar-refractivity contribution in [1.29, 1.82) is 0 Å². The van der Waals surface area contributed by atoms with Gasteiger partial charge in [-0.05, 0) is 64.6 Å². The molecule has 4 nitrogen and oxygen atoms in total. The number of hydrogen-bond donors (Lipinski definition) is 2. The number of ether oxygens (including phenoxy) is 1. The predicted octanol–water partition coefficient (Wildman–Crippen LogP) is 1.77. The van der Waals surface area contributed by atoms with E-state index in [2.05, 4.69) is 10.2 Å². The van der Waals surface area contributed by atoms with Crippen LogP contribution in [0.5, 0.6) is 0 Å². The lowest BCUT2D eigenvalue weighted by molar-refractivity contribution is -0.175. The summed E-state index contributed by atoms with van der Waals surface area (Å²) in [4.78, 5) is 2.48. The molecule has 1 spiro atoms. The molecule has 126 valence electrons. The topological polar surface area (TPSA) is 44.7 Å². The number of hydrogen-bond acceptors (Lipinski definition) is 4. The number of nitrogens with zero attached hydrogens (tertiary/aromatic N) is 1. The van der Waals surface area contributed by atoms with Crippen LogP contribution in [-0.2, 0) is 4.74 Å². The van der Waals surface area contributed by atoms with Crippen LogP contribution in [0.4, 0.5) is 0 Å². The summed E-state index contributed by atoms with van der Waals surface area (Å²) in [7, 11) is 0. The molecule has 4 fully saturated rings. The van der Waals surface area contributed by atoms with Gasteiger partial charge in [-0.1, -0.05) is 6.42 Å². The minimum Gasteiger partial charge on any atom is -0.395 e. The third kappa shape index (κ3) is 2.43. The number of fused-ring (bicyclic) bond motifs is 2. The van der Waals surface area contributed by atoms with E-state index in [0.717, 1.165) is 31.7 Å². The van der Waals surface area contributed by atoms with Crippen LogP contribution in [0.1, 0.15) is 51.4 Å². The van der Waals surface area contributed by atoms with Gasteiger partial charge in [0.05, 0.1) is 12.7 Å². The molecule has 0 bridgehead atoms. The quantitative estimate of drug-likeness (QED) is 0.704. The van der Waals surface area contributed by atoms with Crippen molar-refractivity contribution in [3.05, 3.63) is 0 Å². The van der Waals surface area contributed by atoms with E-state index in [4.69, 9.17) is 4.74 Å². The number of rotatable bonds is 7. The Labute approximate surface area is 134 Å². The summed E-state index contributed by atoms with van der Waals surface area (Å²) in [6.07, 6.45) is 11.0. The molecule has 4 atom stereocenters. The number of aliphatic hydroxyl groups excluding tert-OH is 1. The first kappa shape index (κ1) is 15.4. The Balaban J connectivity index is 1.17. The zero-order chi connectivity index (χ0) is 15.0. The van der Waals surface area contributed by atoms with Gasteiger partial charge in [0.25, 0.3) is 0 Å². The van der Waals surface area contributed by atoms with Crippen LogP contribution in [0, 0.1) is 11.3 Å². The van der Waals surface area contributed by atoms with Gasteiger partial charge >= 0.3 is 0 Å². The third-order valence-electron chi connectivity index (χ3n) is 6.98. The Morgan fingerprint density at radius 3 is 2.86 bits per heavy atom. The van der Waals surface area contributed by atoms with Crippen LogP contribution in [0.2, 0.25) is 0 Å². The van der Waals surface area contributed by atoms with Crippen LogP contribution in [0.15, 0.2) is 0 Å². The maximum atomic E-state index is 9.36. The van der Waals surface area contributed by atoms with E-state index >= 15 is 0 Å². The lowest BCUT2D eigenvalue weighted by Gasteiger charge is -2.63. The van der Waals surface area contributed by atoms with Crippen molar-refractivity contribution in [2.24, 2.45) is 11.3 Å². The summed E-state index contributed by atoms with van der Waals surface area (Å²) in [6.45, 7) is 4.84. The fourth-order valence-corrected chi connectivity index (χ4v) is 5.65. The molecule has 2 saturated heterocycles. The summed E-state index contributed by atoms with van der Waals surface area (Å²) in [5.41, 5.74) is 0.526. The van der Waals surface area contributed by atoms with E-state index in [1.165, 1.54) is 57.9 Å². The highest BCUT2D eigenvalue weighted by molar-refractivity contribution is 5.18. The molecule has 22 heavy (non-hydrogen) atoms. The summed E-state index contributed by atoms with van der Waals surface area (Å²) in [5, 5.41) is 13.2. The second kappa shape index (κ2) is 6.39. The summed E-state index contributed by atoms with van der Waals surface area (Å²) >= 11 is 0. The molecule has 0 amide bonds. The van der Waals surface area contributed by atoms with E-state index in [0.29, 0.717) is 24.2 Å². The second-order valence-electron chi connectivity index (χ2n) is 7.98. The predicted molar refractivity (Wildman–Crippen MR) is 86.8 cm³/mol. The lowest BCUT2D eigenvalue weighted by Crippen LogP contribution is -2.71. The highest BCUT2D eigenvalue weighted by Gasteiger charge is 2.66. The number of nitrogens with one attached hydrogen (secondary N) is 1. The van der Waals surface area contributed by atoms with Crippen LogP contribution in [0.25, 0.3) is 0 Å². The molecular weight excluding hydrogens is 276 g/mol. The molecule has 2 aliphatic carbocycles. The van der Waals surface area contributed by atoms with Gasteiger partial charge < -0.3 is 15.2 Å². The van der Waals surface area contributed by atoms with Crippen molar-refractivity contribution in [3.8, 4) is 0 Å². The van der Waals surface area contributed by atoms with Crippen LogP contribution in [0.3, 0.4) is 0 Å². The van der Waals surface area contributed by atoms with E-state index in [1.54, 1.807) is 0 Å². The standard InChI is InChI=1S/C18H32N2O2/c21-13-14-5-3-11-20(14)10-2-1-9-19-16-15-6-12-22-17(15)18(16)7-4-8-18/h14-17,19,21H,1-13H2. The van der Waals surface area contributed by atoms with E-state index in [-0.39, 0.29) is 0 Å². The Kier molecular flexibility index (Phi) is 4.46. The van der Waals surface area contributed by atoms with Crippen molar-refractivity contribution in [2.75, 3.05) is 32.8 Å². The first-order valence-electron chi connectivity index (χ1n) is 9.55. The molecule has 0 radical (unpaired) electrons. The Bertz CT molecular complexity index is 385. The molecule has 0 aromatic carbocycles. The molecule has 0 aromatic heterocycles. The fraction of sp³-hybridized carbons (Fsp3) is 1.00. The zero-order valence-corrected chi connectivity index (χ0v) is 13.8. The minimum absolute atomic E-state index is 0.339. The maximum absolute atomic E-state index is 9.36. The molecule has 4 unspecified atom stereocenters. The second-order valence-corrected chi connectivity index (χ2v) is 7.98. The summed E-state index contributed by atoms with van der Waals surface area (Å²) in [6, 6.07) is 1.18. The average Bonchev–Trinajstić information content (AvgIpc) is 3.08. The molecule has 2 aliphatic heterocycles. The molecule has 2 saturated carbocycles. The van der Waals surface area contributed by atoms with Gasteiger partial charge in [0.15, 0.2) is 0 Å². The lowest BCUT2D eigenvalue weighted by atomic mass is 9.46. The van der Waals surface area contributed by atoms with Gasteiger partial charge in [-0.15, -0.1) is 0 Å². The normalized spacial score (nSPS) is 39.7. The number of unbranched alkanes of at least 4 members (excludes halogenated alkanes) is 1. The molecule has 4 heteroatoms. The zero-order valence-electron chi connectivity index (χ0n) is 13.8. The average molecular weight is 308 g/mol. The summed E-state index contributed by atoms with van der Waals surface area (Å²) < 4.78 is 5.99. The SMILES string of the molecule is OCC1CCCN1CCCCNC1C2CCOC2C12CCC2. The molecule has 2 N–H and O–H groups in total. The van der Waals surface area contributed by atoms with Crippen molar-refractivity contribution in [3.63, 3.8) is 0 Å². The van der Waals surface area contributed by atoms with Gasteiger partial charge in [-0.25, -0.2) is 0 Å². The van der Waals surface area contributed by atoms with E-state index in [9.17, 15) is 5.11 Å². The van der Waals surface area contributed by atoms with E-state index < -0.39 is 0 Å². The van der Waals surface area contributed by atoms with Crippen molar-refractivity contribution < 1.29 is 9.84 Å². The smallest absolute Gasteiger partial charge is 0.0690 e. The molecule has 4 rings (SSSR count). The van der Waals surface area contributed by atoms with Gasteiger partial charge in [-0.2, -0.15) is 0 Å². The monoisotopic (exact) mass is 308 g/mol. The van der Waals surface area contributed by atoms with Crippen molar-refractivity contribution >= 4 is 0 Å². The van der Waals surface area contributed by atoms with E-state index in [1.807, 2.05) is 0 Å². The molecule has 4 aliphatic rings. The van der Waals surface area contributed by atoms with Gasteiger partial charge in [0, 0.05) is 30.0 Å². The van der Waals surface area contributed by atoms with Gasteiger partial charge in [-0.3, -0.25) is 4.90 Å². The maximum Gasteiger partial charge on any atom is 0.0690 e. The highest BCUT2D eigenvalue weighted by Crippen LogP contribution is 2.62. The van der Waals surface area contributed by atoms with Crippen molar-refractivity contribution in [2.45, 2.75) is 69.6 Å². The van der Waals surface area contributed by atoms with Crippen LogP contribution in [-0.4, -0.2) is 61.0 Å². The number of likely N-dealkylation sites (tertiary alicyclic amines) is 1.